The van der Waals surface area contributed by atoms with Gasteiger partial charge in [-0.25, -0.2) is 0 Å². The Hall–Kier alpha value is -3.02. The Morgan fingerprint density at radius 1 is 1.04 bits per heavy atom. The number of carbonyl (C=O) groups is 2. The molecule has 3 rings (SSSR count). The van der Waals surface area contributed by atoms with Crippen molar-refractivity contribution in [3.63, 3.8) is 0 Å². The van der Waals surface area contributed by atoms with E-state index in [1.54, 1.807) is 25.3 Å². The number of nitrogens with zero attached hydrogens (tertiary/aromatic N) is 1. The van der Waals surface area contributed by atoms with Crippen LogP contribution in [0.2, 0.25) is 0 Å². The maximum absolute atomic E-state index is 12.6. The monoisotopic (exact) mass is 368 g/mol. The predicted molar refractivity (Wildman–Crippen MR) is 105 cm³/mol. The molecule has 6 heteroatoms. The first-order valence-electron chi connectivity index (χ1n) is 8.92. The third kappa shape index (κ3) is 3.74. The van der Waals surface area contributed by atoms with Crippen LogP contribution in [0.15, 0.2) is 36.4 Å². The quantitative estimate of drug-likeness (QED) is 0.877. The number of nitrogens with one attached hydrogen (secondary N) is 1. The first kappa shape index (κ1) is 18.8. The number of carbonyl (C=O) groups excluding carboxylic acids is 2. The van der Waals surface area contributed by atoms with Gasteiger partial charge in [0.1, 0.15) is 0 Å². The first-order chi connectivity index (χ1) is 12.9. The van der Waals surface area contributed by atoms with Crippen LogP contribution in [-0.2, 0) is 11.2 Å². The zero-order valence-electron chi connectivity index (χ0n) is 16.0. The molecule has 142 valence electrons. The van der Waals surface area contributed by atoms with Gasteiger partial charge in [0, 0.05) is 29.4 Å². The van der Waals surface area contributed by atoms with E-state index < -0.39 is 0 Å². The van der Waals surface area contributed by atoms with E-state index in [0.717, 1.165) is 17.7 Å². The van der Waals surface area contributed by atoms with E-state index in [1.807, 2.05) is 36.9 Å². The lowest BCUT2D eigenvalue weighted by Gasteiger charge is -2.19. The molecule has 2 aromatic rings. The Bertz CT molecular complexity index is 876. The zero-order valence-corrected chi connectivity index (χ0v) is 16.0. The van der Waals surface area contributed by atoms with Crippen molar-refractivity contribution in [1.82, 2.24) is 0 Å². The van der Waals surface area contributed by atoms with Crippen LogP contribution in [0, 0.1) is 5.92 Å². The normalized spacial score (nSPS) is 12.7. The maximum atomic E-state index is 12.6. The van der Waals surface area contributed by atoms with Gasteiger partial charge in [-0.3, -0.25) is 9.59 Å². The van der Waals surface area contributed by atoms with E-state index in [9.17, 15) is 9.59 Å². The molecule has 0 spiro atoms. The van der Waals surface area contributed by atoms with E-state index >= 15 is 0 Å². The maximum Gasteiger partial charge on any atom is 0.255 e. The molecule has 6 nitrogen and oxygen atoms in total. The highest BCUT2D eigenvalue weighted by atomic mass is 16.5. The highest BCUT2D eigenvalue weighted by Gasteiger charge is 2.26. The summed E-state index contributed by atoms with van der Waals surface area (Å²) in [7, 11) is 3.08. The van der Waals surface area contributed by atoms with Crippen LogP contribution in [-0.4, -0.2) is 32.6 Å². The molecule has 2 aromatic carbocycles. The molecule has 0 saturated heterocycles. The lowest BCUT2D eigenvalue weighted by Crippen LogP contribution is -2.32. The molecule has 0 unspecified atom stereocenters. The Morgan fingerprint density at radius 3 is 2.44 bits per heavy atom. The average Bonchev–Trinajstić information content (AvgIpc) is 3.09. The minimum atomic E-state index is -0.232. The van der Waals surface area contributed by atoms with Gasteiger partial charge in [0.2, 0.25) is 5.91 Å². The van der Waals surface area contributed by atoms with Gasteiger partial charge in [0.15, 0.2) is 11.5 Å². The van der Waals surface area contributed by atoms with Gasteiger partial charge >= 0.3 is 0 Å². The summed E-state index contributed by atoms with van der Waals surface area (Å²) in [5, 5.41) is 2.90. The van der Waals surface area contributed by atoms with Crippen molar-refractivity contribution in [3.05, 3.63) is 47.5 Å². The summed E-state index contributed by atoms with van der Waals surface area (Å²) < 4.78 is 10.4. The van der Waals surface area contributed by atoms with E-state index in [0.29, 0.717) is 29.3 Å². The van der Waals surface area contributed by atoms with Gasteiger partial charge in [0.05, 0.1) is 14.2 Å². The van der Waals surface area contributed by atoms with Gasteiger partial charge in [-0.05, 0) is 48.4 Å². The second-order valence-corrected chi connectivity index (χ2v) is 6.76. The van der Waals surface area contributed by atoms with E-state index in [1.165, 1.54) is 7.11 Å². The minimum absolute atomic E-state index is 0.0413. The number of benzene rings is 2. The third-order valence-corrected chi connectivity index (χ3v) is 4.64. The second-order valence-electron chi connectivity index (χ2n) is 6.76. The van der Waals surface area contributed by atoms with Crippen LogP contribution in [0.5, 0.6) is 11.5 Å². The molecule has 27 heavy (non-hydrogen) atoms. The fourth-order valence-corrected chi connectivity index (χ4v) is 3.20. The fourth-order valence-electron chi connectivity index (χ4n) is 3.20. The Kier molecular flexibility index (Phi) is 5.35. The molecule has 0 fully saturated rings. The molecule has 1 aliphatic heterocycles. The zero-order chi connectivity index (χ0) is 19.6. The smallest absolute Gasteiger partial charge is 0.255 e. The number of amides is 2. The Labute approximate surface area is 159 Å². The van der Waals surface area contributed by atoms with Crippen LogP contribution >= 0.6 is 0 Å². The molecular weight excluding hydrogens is 344 g/mol. The standard InChI is InChI=1S/C21H24N2O4/c1-13(2)21(25)23-10-9-14-11-16(6-7-17(14)23)22-20(24)15-5-8-18(26-3)19(12-15)27-4/h5-8,11-13H,9-10H2,1-4H3,(H,22,24). The topological polar surface area (TPSA) is 67.9 Å². The number of ether oxygens (including phenoxy) is 2. The lowest BCUT2D eigenvalue weighted by atomic mass is 10.1. The highest BCUT2D eigenvalue weighted by Crippen LogP contribution is 2.32. The highest BCUT2D eigenvalue weighted by molar-refractivity contribution is 6.05. The molecule has 0 bridgehead atoms. The number of fused-ring (bicyclic) bond motifs is 1. The summed E-state index contributed by atoms with van der Waals surface area (Å²) in [6.07, 6.45) is 0.786. The fraction of sp³-hybridized carbons (Fsp3) is 0.333. The van der Waals surface area contributed by atoms with Crippen molar-refractivity contribution in [1.29, 1.82) is 0 Å². The summed E-state index contributed by atoms with van der Waals surface area (Å²) in [6, 6.07) is 10.7. The summed E-state index contributed by atoms with van der Waals surface area (Å²) in [5.74, 6) is 0.920. The van der Waals surface area contributed by atoms with Crippen molar-refractivity contribution in [2.75, 3.05) is 31.0 Å². The summed E-state index contributed by atoms with van der Waals surface area (Å²) >= 11 is 0. The van der Waals surface area contributed by atoms with E-state index in [2.05, 4.69) is 5.32 Å². The molecule has 0 radical (unpaired) electrons. The largest absolute Gasteiger partial charge is 0.493 e. The Morgan fingerprint density at radius 2 is 1.78 bits per heavy atom. The molecule has 1 heterocycles. The number of methoxy groups -OCH3 is 2. The first-order valence-corrected chi connectivity index (χ1v) is 8.92. The minimum Gasteiger partial charge on any atom is -0.493 e. The van der Waals surface area contributed by atoms with Crippen LogP contribution < -0.4 is 19.7 Å². The molecule has 1 aliphatic rings. The van der Waals surface area contributed by atoms with Crippen molar-refractivity contribution in [2.24, 2.45) is 5.92 Å². The second kappa shape index (κ2) is 7.70. The predicted octanol–water partition coefficient (Wildman–Crippen LogP) is 3.50. The number of hydrogen-bond donors (Lipinski definition) is 1. The number of rotatable bonds is 5. The van der Waals surface area contributed by atoms with Gasteiger partial charge in [-0.15, -0.1) is 0 Å². The Balaban J connectivity index is 1.77. The van der Waals surface area contributed by atoms with Crippen LogP contribution in [0.4, 0.5) is 11.4 Å². The van der Waals surface area contributed by atoms with Crippen molar-refractivity contribution in [3.8, 4) is 11.5 Å². The number of hydrogen-bond acceptors (Lipinski definition) is 4. The SMILES string of the molecule is COc1ccc(C(=O)Nc2ccc3c(c2)CCN3C(=O)C(C)C)cc1OC. The third-order valence-electron chi connectivity index (χ3n) is 4.64. The van der Waals surface area contributed by atoms with E-state index in [-0.39, 0.29) is 17.7 Å². The summed E-state index contributed by atoms with van der Waals surface area (Å²) in [4.78, 5) is 26.7. The van der Waals surface area contributed by atoms with Gasteiger partial charge in [-0.2, -0.15) is 0 Å². The van der Waals surface area contributed by atoms with Crippen molar-refractivity contribution >= 4 is 23.2 Å². The van der Waals surface area contributed by atoms with E-state index in [4.69, 9.17) is 9.47 Å². The van der Waals surface area contributed by atoms with Crippen molar-refractivity contribution in [2.45, 2.75) is 20.3 Å². The molecular formula is C21H24N2O4. The lowest BCUT2D eigenvalue weighted by molar-refractivity contribution is -0.121. The average molecular weight is 368 g/mol. The van der Waals surface area contributed by atoms with Crippen molar-refractivity contribution < 1.29 is 19.1 Å². The summed E-state index contributed by atoms with van der Waals surface area (Å²) in [6.45, 7) is 4.48. The molecule has 0 saturated carbocycles. The molecule has 1 N–H and O–H groups in total. The molecule has 2 amide bonds. The van der Waals surface area contributed by atoms with Gasteiger partial charge in [0.25, 0.3) is 5.91 Å². The van der Waals surface area contributed by atoms with Crippen LogP contribution in [0.1, 0.15) is 29.8 Å². The van der Waals surface area contributed by atoms with Crippen LogP contribution in [0.25, 0.3) is 0 Å². The summed E-state index contributed by atoms with van der Waals surface area (Å²) in [5.41, 5.74) is 3.17. The molecule has 0 aromatic heterocycles. The molecule has 0 atom stereocenters. The molecule has 0 aliphatic carbocycles. The van der Waals surface area contributed by atoms with Gasteiger partial charge < -0.3 is 19.7 Å². The van der Waals surface area contributed by atoms with Gasteiger partial charge in [-0.1, -0.05) is 13.8 Å². The number of anilines is 2. The van der Waals surface area contributed by atoms with Crippen LogP contribution in [0.3, 0.4) is 0 Å².